The molecule has 0 amide bonds. The summed E-state index contributed by atoms with van der Waals surface area (Å²) in [5, 5.41) is 18.3. The topological polar surface area (TPSA) is 70.0 Å². The zero-order valence-corrected chi connectivity index (χ0v) is 7.29. The van der Waals surface area contributed by atoms with Gasteiger partial charge in [0.2, 0.25) is 0 Å². The molecule has 0 bridgehead atoms. The standard InChI is InChI=1S/C9H16N2O/c10-6-8(12)5-9(7-11)3-1-2-4-9/h8,12H,1-6,10H2/t8-/m0/s1. The summed E-state index contributed by atoms with van der Waals surface area (Å²) in [7, 11) is 0. The third kappa shape index (κ3) is 1.96. The smallest absolute Gasteiger partial charge is 0.0690 e. The molecular formula is C9H16N2O. The predicted octanol–water partition coefficient (Wildman–Crippen LogP) is 0.780. The van der Waals surface area contributed by atoms with Crippen molar-refractivity contribution in [3.8, 4) is 6.07 Å². The van der Waals surface area contributed by atoms with E-state index in [-0.39, 0.29) is 12.0 Å². The maximum Gasteiger partial charge on any atom is 0.0690 e. The first-order valence-corrected chi connectivity index (χ1v) is 4.52. The van der Waals surface area contributed by atoms with E-state index in [0.717, 1.165) is 25.7 Å². The average molecular weight is 168 g/mol. The van der Waals surface area contributed by atoms with Crippen molar-refractivity contribution < 1.29 is 5.11 Å². The van der Waals surface area contributed by atoms with Crippen molar-refractivity contribution in [3.05, 3.63) is 0 Å². The van der Waals surface area contributed by atoms with Crippen molar-refractivity contribution in [2.45, 2.75) is 38.2 Å². The van der Waals surface area contributed by atoms with Crippen LogP contribution >= 0.6 is 0 Å². The van der Waals surface area contributed by atoms with Crippen LogP contribution in [0.4, 0.5) is 0 Å². The molecule has 0 aliphatic heterocycles. The van der Waals surface area contributed by atoms with Crippen LogP contribution in [-0.4, -0.2) is 17.8 Å². The molecule has 3 N–H and O–H groups in total. The van der Waals surface area contributed by atoms with Crippen molar-refractivity contribution in [3.63, 3.8) is 0 Å². The van der Waals surface area contributed by atoms with Crippen LogP contribution in [0.1, 0.15) is 32.1 Å². The Morgan fingerprint density at radius 1 is 1.50 bits per heavy atom. The van der Waals surface area contributed by atoms with Gasteiger partial charge < -0.3 is 10.8 Å². The SMILES string of the molecule is N#CC1(C[C@H](O)CN)CCCC1. The lowest BCUT2D eigenvalue weighted by atomic mass is 9.82. The largest absolute Gasteiger partial charge is 0.392 e. The van der Waals surface area contributed by atoms with Gasteiger partial charge in [-0.3, -0.25) is 0 Å². The zero-order valence-electron chi connectivity index (χ0n) is 7.29. The van der Waals surface area contributed by atoms with E-state index in [2.05, 4.69) is 6.07 Å². The number of hydrogen-bond donors (Lipinski definition) is 2. The maximum absolute atomic E-state index is 9.34. The quantitative estimate of drug-likeness (QED) is 0.654. The maximum atomic E-state index is 9.34. The highest BCUT2D eigenvalue weighted by Gasteiger charge is 2.35. The first-order chi connectivity index (χ1) is 5.72. The van der Waals surface area contributed by atoms with E-state index >= 15 is 0 Å². The van der Waals surface area contributed by atoms with Crippen molar-refractivity contribution in [2.24, 2.45) is 11.1 Å². The number of aliphatic hydroxyl groups is 1. The molecule has 1 saturated carbocycles. The van der Waals surface area contributed by atoms with Crippen molar-refractivity contribution in [1.82, 2.24) is 0 Å². The van der Waals surface area contributed by atoms with Gasteiger partial charge in [0.05, 0.1) is 17.6 Å². The van der Waals surface area contributed by atoms with Gasteiger partial charge in [-0.25, -0.2) is 0 Å². The van der Waals surface area contributed by atoms with Gasteiger partial charge in [0.15, 0.2) is 0 Å². The molecule has 0 saturated heterocycles. The van der Waals surface area contributed by atoms with Crippen molar-refractivity contribution >= 4 is 0 Å². The molecule has 1 aliphatic rings. The summed E-state index contributed by atoms with van der Waals surface area (Å²) in [5.41, 5.74) is 5.04. The van der Waals surface area contributed by atoms with E-state index in [1.807, 2.05) is 0 Å². The first kappa shape index (κ1) is 9.50. The van der Waals surface area contributed by atoms with Gasteiger partial charge in [-0.15, -0.1) is 0 Å². The van der Waals surface area contributed by atoms with Gasteiger partial charge in [0, 0.05) is 6.54 Å². The predicted molar refractivity (Wildman–Crippen MR) is 46.2 cm³/mol. The second-order valence-corrected chi connectivity index (χ2v) is 3.69. The third-order valence-electron chi connectivity index (χ3n) is 2.70. The number of aliphatic hydroxyl groups excluding tert-OH is 1. The molecule has 68 valence electrons. The van der Waals surface area contributed by atoms with E-state index in [1.165, 1.54) is 0 Å². The van der Waals surface area contributed by atoms with Gasteiger partial charge in [-0.2, -0.15) is 5.26 Å². The summed E-state index contributed by atoms with van der Waals surface area (Å²) in [6, 6.07) is 2.33. The Kier molecular flexibility index (Phi) is 3.07. The lowest BCUT2D eigenvalue weighted by molar-refractivity contribution is 0.130. The Morgan fingerprint density at radius 2 is 2.08 bits per heavy atom. The fourth-order valence-electron chi connectivity index (χ4n) is 1.95. The van der Waals surface area contributed by atoms with E-state index in [9.17, 15) is 5.11 Å². The lowest BCUT2D eigenvalue weighted by Crippen LogP contribution is -2.28. The number of rotatable bonds is 3. The van der Waals surface area contributed by atoms with Crippen LogP contribution in [0, 0.1) is 16.7 Å². The van der Waals surface area contributed by atoms with E-state index < -0.39 is 6.10 Å². The molecule has 1 aliphatic carbocycles. The Hall–Kier alpha value is -0.590. The summed E-state index contributed by atoms with van der Waals surface area (Å²) >= 11 is 0. The molecule has 1 rings (SSSR count). The van der Waals surface area contributed by atoms with E-state index in [1.54, 1.807) is 0 Å². The highest BCUT2D eigenvalue weighted by Crippen LogP contribution is 2.41. The molecule has 0 radical (unpaired) electrons. The van der Waals surface area contributed by atoms with Crippen LogP contribution < -0.4 is 5.73 Å². The molecule has 0 aromatic rings. The molecule has 0 heterocycles. The lowest BCUT2D eigenvalue weighted by Gasteiger charge is -2.22. The Labute approximate surface area is 73.2 Å². The second kappa shape index (κ2) is 3.88. The van der Waals surface area contributed by atoms with Gasteiger partial charge in [0.1, 0.15) is 0 Å². The van der Waals surface area contributed by atoms with Crippen LogP contribution in [-0.2, 0) is 0 Å². The first-order valence-electron chi connectivity index (χ1n) is 4.52. The highest BCUT2D eigenvalue weighted by molar-refractivity contribution is 5.02. The molecule has 1 fully saturated rings. The van der Waals surface area contributed by atoms with Gasteiger partial charge >= 0.3 is 0 Å². The fourth-order valence-corrected chi connectivity index (χ4v) is 1.95. The third-order valence-corrected chi connectivity index (χ3v) is 2.70. The minimum atomic E-state index is -0.497. The number of nitrogens with two attached hydrogens (primary N) is 1. The van der Waals surface area contributed by atoms with E-state index in [0.29, 0.717) is 6.42 Å². The zero-order chi connectivity index (χ0) is 9.03. The summed E-state index contributed by atoms with van der Waals surface area (Å²) in [6.45, 7) is 0.267. The van der Waals surface area contributed by atoms with Crippen LogP contribution in [0.25, 0.3) is 0 Å². The second-order valence-electron chi connectivity index (χ2n) is 3.69. The number of nitriles is 1. The highest BCUT2D eigenvalue weighted by atomic mass is 16.3. The monoisotopic (exact) mass is 168 g/mol. The Bertz CT molecular complexity index is 179. The molecule has 0 spiro atoms. The molecule has 3 heteroatoms. The molecule has 0 unspecified atom stereocenters. The van der Waals surface area contributed by atoms with Gasteiger partial charge in [-0.05, 0) is 19.3 Å². The van der Waals surface area contributed by atoms with E-state index in [4.69, 9.17) is 11.0 Å². The summed E-state index contributed by atoms with van der Waals surface area (Å²) in [4.78, 5) is 0. The van der Waals surface area contributed by atoms with Gasteiger partial charge in [0.25, 0.3) is 0 Å². The minimum absolute atomic E-state index is 0.265. The molecule has 0 aromatic heterocycles. The average Bonchev–Trinajstić information content (AvgIpc) is 2.54. The summed E-state index contributed by atoms with van der Waals surface area (Å²) in [5.74, 6) is 0. The Morgan fingerprint density at radius 3 is 2.50 bits per heavy atom. The molecule has 1 atom stereocenters. The summed E-state index contributed by atoms with van der Waals surface area (Å²) < 4.78 is 0. The van der Waals surface area contributed by atoms with Crippen LogP contribution in [0.5, 0.6) is 0 Å². The van der Waals surface area contributed by atoms with Crippen molar-refractivity contribution in [1.29, 1.82) is 5.26 Å². The normalized spacial score (nSPS) is 23.4. The molecule has 3 nitrogen and oxygen atoms in total. The minimum Gasteiger partial charge on any atom is -0.392 e. The molecule has 0 aromatic carbocycles. The molecule has 12 heavy (non-hydrogen) atoms. The van der Waals surface area contributed by atoms with Crippen molar-refractivity contribution in [2.75, 3.05) is 6.54 Å². The Balaban J connectivity index is 2.51. The number of hydrogen-bond acceptors (Lipinski definition) is 3. The fraction of sp³-hybridized carbons (Fsp3) is 0.889. The number of nitrogens with zero attached hydrogens (tertiary/aromatic N) is 1. The van der Waals surface area contributed by atoms with Crippen LogP contribution in [0.2, 0.25) is 0 Å². The van der Waals surface area contributed by atoms with Crippen LogP contribution in [0.3, 0.4) is 0 Å². The summed E-state index contributed by atoms with van der Waals surface area (Å²) in [6.07, 6.45) is 4.15. The molecular weight excluding hydrogens is 152 g/mol. The van der Waals surface area contributed by atoms with Gasteiger partial charge in [-0.1, -0.05) is 12.8 Å². The van der Waals surface area contributed by atoms with Crippen LogP contribution in [0.15, 0.2) is 0 Å².